The number of benzene rings is 3. The third-order valence-electron chi connectivity index (χ3n) is 12.4. The molecular weight excluding hydrogens is 684 g/mol. The number of carbonyl (C=O) groups is 1. The van der Waals surface area contributed by atoms with E-state index in [1.54, 1.807) is 0 Å². The highest BCUT2D eigenvalue weighted by molar-refractivity contribution is 7.14. The zero-order chi connectivity index (χ0) is 36.5. The molecule has 8 rings (SSSR count). The average Bonchev–Trinajstić information content (AvgIpc) is 3.68. The van der Waals surface area contributed by atoms with Gasteiger partial charge in [-0.3, -0.25) is 14.6 Å². The van der Waals surface area contributed by atoms with Gasteiger partial charge in [0.2, 0.25) is 5.78 Å². The van der Waals surface area contributed by atoms with E-state index < -0.39 is 17.1 Å². The zero-order valence-electron chi connectivity index (χ0n) is 30.9. The van der Waals surface area contributed by atoms with Crippen LogP contribution in [0.4, 0.5) is 0 Å². The van der Waals surface area contributed by atoms with E-state index in [9.17, 15) is 15.0 Å². The summed E-state index contributed by atoms with van der Waals surface area (Å²) in [4.78, 5) is 21.2. The van der Waals surface area contributed by atoms with Gasteiger partial charge in [0.1, 0.15) is 0 Å². The van der Waals surface area contributed by atoms with E-state index >= 15 is 0 Å². The second-order valence-electron chi connectivity index (χ2n) is 15.9. The predicted molar refractivity (Wildman–Crippen MR) is 214 cm³/mol. The van der Waals surface area contributed by atoms with E-state index in [0.717, 1.165) is 83.3 Å². The van der Waals surface area contributed by atoms with Gasteiger partial charge in [-0.25, -0.2) is 0 Å². The highest BCUT2D eigenvalue weighted by atomic mass is 35.5. The first-order valence-electron chi connectivity index (χ1n) is 19.1. The summed E-state index contributed by atoms with van der Waals surface area (Å²) in [6.07, 6.45) is 7.13. The van der Waals surface area contributed by atoms with Gasteiger partial charge in [0.25, 0.3) is 0 Å². The molecule has 0 amide bonds. The highest BCUT2D eigenvalue weighted by Crippen LogP contribution is 2.59. The smallest absolute Gasteiger partial charge is 0.203 e. The monoisotopic (exact) mass is 736 g/mol. The SMILES string of the molecule is CC1=CCC[C@@]2(C)[C@@H](CC[C@@]2(O)CN2CCN(C(c3ccccc3)c3ccc(Cl)cc3)CC2)c2ccc(cc2C(=O)c2ccc(C)s2)C[C@@H](O)CC1. The Morgan fingerprint density at radius 3 is 2.37 bits per heavy atom. The molecule has 1 saturated heterocycles. The number of aliphatic hydroxyl groups is 2. The third kappa shape index (κ3) is 7.75. The molecule has 3 aromatic carbocycles. The van der Waals surface area contributed by atoms with Crippen LogP contribution < -0.4 is 0 Å². The lowest BCUT2D eigenvalue weighted by Crippen LogP contribution is -2.56. The average molecular weight is 737 g/mol. The number of hydrogen-bond donors (Lipinski definition) is 2. The first-order chi connectivity index (χ1) is 25.0. The van der Waals surface area contributed by atoms with Gasteiger partial charge in [-0.1, -0.05) is 84.8 Å². The number of allylic oxidation sites excluding steroid dienone is 2. The Bertz CT molecular complexity index is 1880. The molecule has 5 atom stereocenters. The van der Waals surface area contributed by atoms with Crippen molar-refractivity contribution in [3.8, 4) is 0 Å². The second kappa shape index (κ2) is 15.7. The quantitative estimate of drug-likeness (QED) is 0.146. The van der Waals surface area contributed by atoms with Crippen molar-refractivity contribution in [3.05, 3.63) is 139 Å². The molecule has 52 heavy (non-hydrogen) atoms. The van der Waals surface area contributed by atoms with Crippen molar-refractivity contribution in [2.75, 3.05) is 32.7 Å². The summed E-state index contributed by atoms with van der Waals surface area (Å²) in [6.45, 7) is 10.7. The summed E-state index contributed by atoms with van der Waals surface area (Å²) in [5.41, 5.74) is 5.22. The van der Waals surface area contributed by atoms with Crippen LogP contribution in [0.2, 0.25) is 5.02 Å². The molecule has 0 spiro atoms. The normalized spacial score (nSPS) is 26.8. The minimum atomic E-state index is -0.914. The number of thiophene rings is 1. The highest BCUT2D eigenvalue weighted by Gasteiger charge is 2.57. The van der Waals surface area contributed by atoms with Crippen LogP contribution in [-0.4, -0.2) is 70.2 Å². The minimum absolute atomic E-state index is 0.0294. The van der Waals surface area contributed by atoms with Gasteiger partial charge < -0.3 is 10.2 Å². The van der Waals surface area contributed by atoms with Crippen LogP contribution in [0.3, 0.4) is 0 Å². The molecule has 2 heterocycles. The lowest BCUT2D eigenvalue weighted by atomic mass is 9.64. The summed E-state index contributed by atoms with van der Waals surface area (Å²) < 4.78 is 0. The molecule has 4 aliphatic rings. The van der Waals surface area contributed by atoms with Crippen LogP contribution in [0.1, 0.15) is 107 Å². The Kier molecular flexibility index (Phi) is 11.2. The molecule has 4 aromatic rings. The molecule has 1 aliphatic heterocycles. The molecule has 2 bridgehead atoms. The molecular formula is C45H53ClN2O3S. The van der Waals surface area contributed by atoms with Crippen LogP contribution >= 0.6 is 22.9 Å². The molecule has 1 saturated carbocycles. The molecule has 5 nitrogen and oxygen atoms in total. The Morgan fingerprint density at radius 1 is 0.923 bits per heavy atom. The number of ketones is 1. The van der Waals surface area contributed by atoms with Gasteiger partial charge in [0.05, 0.1) is 22.6 Å². The van der Waals surface area contributed by atoms with E-state index in [2.05, 4.69) is 84.3 Å². The van der Waals surface area contributed by atoms with Crippen molar-refractivity contribution < 1.29 is 15.0 Å². The first kappa shape index (κ1) is 37.2. The maximum atomic E-state index is 14.3. The zero-order valence-corrected chi connectivity index (χ0v) is 32.4. The second-order valence-corrected chi connectivity index (χ2v) is 17.6. The van der Waals surface area contributed by atoms with E-state index in [-0.39, 0.29) is 17.7 Å². The maximum Gasteiger partial charge on any atom is 0.203 e. The number of nitrogens with zero attached hydrogens (tertiary/aromatic N) is 2. The molecule has 0 radical (unpaired) electrons. The van der Waals surface area contributed by atoms with Gasteiger partial charge >= 0.3 is 0 Å². The van der Waals surface area contributed by atoms with Gasteiger partial charge in [-0.05, 0) is 117 Å². The number of hydrogen-bond acceptors (Lipinski definition) is 6. The van der Waals surface area contributed by atoms with Gasteiger partial charge in [-0.15, -0.1) is 11.3 Å². The summed E-state index contributed by atoms with van der Waals surface area (Å²) in [7, 11) is 0. The molecule has 2 N–H and O–H groups in total. The number of aliphatic hydroxyl groups excluding tert-OH is 1. The van der Waals surface area contributed by atoms with Gasteiger partial charge in [-0.2, -0.15) is 0 Å². The standard InChI is InChI=1S/C45H53ClN2O3S/c1-31-8-7-22-44(3)40(38-19-13-33(28-37(49)18-11-31)29-39(38)43(50)41-20-12-32(2)52-41)21-23-45(44,51)30-47-24-26-48(27-25-47)42(34-9-5-4-6-10-34)35-14-16-36(46)17-15-35/h4-6,8-10,12-17,19-20,29,37,40,42,49,51H,7,11,18,21-28,30H2,1-3H3/t37-,40-,42?,44-,45+/m0/s1. The number of rotatable bonds is 7. The fourth-order valence-electron chi connectivity index (χ4n) is 9.33. The van der Waals surface area contributed by atoms with Crippen LogP contribution in [0, 0.1) is 12.3 Å². The molecule has 1 unspecified atom stereocenters. The number of carbonyl (C=O) groups excluding carboxylic acids is 1. The van der Waals surface area contributed by atoms with Crippen molar-refractivity contribution in [3.63, 3.8) is 0 Å². The van der Waals surface area contributed by atoms with Crippen molar-refractivity contribution in [2.45, 2.75) is 89.4 Å². The maximum absolute atomic E-state index is 14.3. The Morgan fingerprint density at radius 2 is 1.65 bits per heavy atom. The van der Waals surface area contributed by atoms with Crippen LogP contribution in [-0.2, 0) is 6.42 Å². The summed E-state index contributed by atoms with van der Waals surface area (Å²) in [6, 6.07) is 29.4. The van der Waals surface area contributed by atoms with E-state index in [1.807, 2.05) is 37.3 Å². The van der Waals surface area contributed by atoms with E-state index in [0.29, 0.717) is 25.8 Å². The number of piperazine rings is 1. The van der Waals surface area contributed by atoms with E-state index in [4.69, 9.17) is 11.6 Å². The predicted octanol–water partition coefficient (Wildman–Crippen LogP) is 9.39. The Balaban J connectivity index is 1.17. The van der Waals surface area contributed by atoms with Crippen LogP contribution in [0.5, 0.6) is 0 Å². The molecule has 7 heteroatoms. The van der Waals surface area contributed by atoms with Gasteiger partial charge in [0.15, 0.2) is 0 Å². The minimum Gasteiger partial charge on any atom is -0.393 e. The summed E-state index contributed by atoms with van der Waals surface area (Å²) in [5.74, 6) is 0.0802. The van der Waals surface area contributed by atoms with Crippen LogP contribution in [0.25, 0.3) is 0 Å². The number of aryl methyl sites for hydroxylation is 1. The summed E-state index contributed by atoms with van der Waals surface area (Å²) in [5, 5.41) is 24.7. The number of β-amino-alcohol motifs (C(OH)–C–C–N with tert-alkyl or cyclic N) is 1. The Hall–Kier alpha value is -3.10. The van der Waals surface area contributed by atoms with Crippen LogP contribution in [0.15, 0.2) is 96.6 Å². The molecule has 3 aliphatic carbocycles. The summed E-state index contributed by atoms with van der Waals surface area (Å²) >= 11 is 7.83. The van der Waals surface area contributed by atoms with Crippen molar-refractivity contribution >= 4 is 28.7 Å². The fraction of sp³-hybridized carbons (Fsp3) is 0.444. The van der Waals surface area contributed by atoms with Crippen molar-refractivity contribution in [1.29, 1.82) is 0 Å². The first-order valence-corrected chi connectivity index (χ1v) is 20.3. The van der Waals surface area contributed by atoms with Crippen molar-refractivity contribution in [2.24, 2.45) is 5.41 Å². The third-order valence-corrected chi connectivity index (χ3v) is 13.7. The lowest BCUT2D eigenvalue weighted by Gasteiger charge is -2.48. The molecule has 274 valence electrons. The lowest BCUT2D eigenvalue weighted by molar-refractivity contribution is -0.0894. The number of halogens is 1. The van der Waals surface area contributed by atoms with E-state index in [1.165, 1.54) is 28.0 Å². The molecule has 1 aromatic heterocycles. The topological polar surface area (TPSA) is 64.0 Å². The number of fused-ring (bicyclic) bond motifs is 8. The molecule has 2 fully saturated rings. The van der Waals surface area contributed by atoms with Crippen molar-refractivity contribution in [1.82, 2.24) is 9.80 Å². The largest absolute Gasteiger partial charge is 0.393 e. The Labute approximate surface area is 319 Å². The fourth-order valence-corrected chi connectivity index (χ4v) is 10.3. The van der Waals surface area contributed by atoms with Gasteiger partial charge in [0, 0.05) is 53.6 Å².